The van der Waals surface area contributed by atoms with Gasteiger partial charge >= 0.3 is 0 Å². The van der Waals surface area contributed by atoms with Gasteiger partial charge in [-0.1, -0.05) is 18.2 Å². The third-order valence-electron chi connectivity index (χ3n) is 3.38. The van der Waals surface area contributed by atoms with E-state index in [1.807, 2.05) is 0 Å². The van der Waals surface area contributed by atoms with Crippen molar-refractivity contribution in [3.63, 3.8) is 0 Å². The topological polar surface area (TPSA) is 45.8 Å². The quantitative estimate of drug-likeness (QED) is 0.780. The van der Waals surface area contributed by atoms with Crippen LogP contribution in [0.3, 0.4) is 0 Å². The summed E-state index contributed by atoms with van der Waals surface area (Å²) in [4.78, 5) is 18.4. The summed E-state index contributed by atoms with van der Waals surface area (Å²) < 4.78 is 26.9. The van der Waals surface area contributed by atoms with Gasteiger partial charge in [0.05, 0.1) is 5.39 Å². The number of aromatic amines is 1. The molecular formula is C16H12F2N2O. The van der Waals surface area contributed by atoms with Gasteiger partial charge in [-0.15, -0.1) is 0 Å². The second-order valence-electron chi connectivity index (χ2n) is 4.92. The van der Waals surface area contributed by atoms with Crippen molar-refractivity contribution in [1.82, 2.24) is 9.97 Å². The van der Waals surface area contributed by atoms with Crippen molar-refractivity contribution < 1.29 is 8.78 Å². The van der Waals surface area contributed by atoms with E-state index in [9.17, 15) is 13.6 Å². The highest BCUT2D eigenvalue weighted by atomic mass is 19.3. The number of aromatic nitrogens is 2. The number of benzene rings is 1. The fourth-order valence-electron chi connectivity index (χ4n) is 2.30. The lowest BCUT2D eigenvalue weighted by molar-refractivity contribution is 0.0175. The molecule has 0 aliphatic rings. The molecule has 2 heterocycles. The molecule has 0 fully saturated rings. The average Bonchev–Trinajstić information content (AvgIpc) is 2.47. The Balaban J connectivity index is 2.27. The van der Waals surface area contributed by atoms with Crippen LogP contribution in [-0.4, -0.2) is 9.97 Å². The van der Waals surface area contributed by atoms with Crippen LogP contribution in [0.4, 0.5) is 8.78 Å². The number of nitrogens with one attached hydrogen (secondary N) is 1. The minimum absolute atomic E-state index is 0.0664. The molecular weight excluding hydrogens is 274 g/mol. The summed E-state index contributed by atoms with van der Waals surface area (Å²) in [5.74, 6) is -2.91. The van der Waals surface area contributed by atoms with Crippen LogP contribution in [0.5, 0.6) is 0 Å². The zero-order valence-electron chi connectivity index (χ0n) is 11.2. The molecule has 0 bridgehead atoms. The van der Waals surface area contributed by atoms with Gasteiger partial charge in [-0.3, -0.25) is 9.78 Å². The Bertz CT molecular complexity index is 866. The third-order valence-corrected chi connectivity index (χ3v) is 3.38. The van der Waals surface area contributed by atoms with Crippen LogP contribution >= 0.6 is 0 Å². The molecule has 0 aliphatic heterocycles. The molecule has 5 heteroatoms. The van der Waals surface area contributed by atoms with Gasteiger partial charge in [0.15, 0.2) is 0 Å². The molecule has 3 aromatic rings. The molecule has 106 valence electrons. The third kappa shape index (κ3) is 2.42. The normalized spacial score (nSPS) is 11.8. The van der Waals surface area contributed by atoms with Crippen LogP contribution in [0.25, 0.3) is 21.9 Å². The van der Waals surface area contributed by atoms with E-state index in [0.29, 0.717) is 21.9 Å². The largest absolute Gasteiger partial charge is 0.328 e. The van der Waals surface area contributed by atoms with Crippen LogP contribution in [0, 0.1) is 0 Å². The maximum absolute atomic E-state index is 13.5. The summed E-state index contributed by atoms with van der Waals surface area (Å²) in [6, 6.07) is 7.73. The van der Waals surface area contributed by atoms with E-state index in [1.165, 1.54) is 24.5 Å². The Hall–Kier alpha value is -2.56. The molecule has 0 amide bonds. The van der Waals surface area contributed by atoms with Gasteiger partial charge in [0.1, 0.15) is 0 Å². The zero-order chi connectivity index (χ0) is 15.0. The van der Waals surface area contributed by atoms with E-state index < -0.39 is 5.92 Å². The number of hydrogen-bond donors (Lipinski definition) is 1. The van der Waals surface area contributed by atoms with Gasteiger partial charge in [-0.2, -0.15) is 0 Å². The van der Waals surface area contributed by atoms with Gasteiger partial charge in [0.25, 0.3) is 11.5 Å². The predicted octanol–water partition coefficient (Wildman–Crippen LogP) is 3.70. The molecule has 0 radical (unpaired) electrons. The van der Waals surface area contributed by atoms with Gasteiger partial charge in [-0.05, 0) is 17.7 Å². The standard InChI is InChI=1S/C16H12F2N2O/c1-16(17,18)11-4-2-3-10(7-11)13-9-20-15(21)12-5-6-19-8-14(12)13/h2-9H,1H3,(H,20,21). The summed E-state index contributed by atoms with van der Waals surface area (Å²) in [5, 5.41) is 1.12. The molecule has 2 aromatic heterocycles. The highest BCUT2D eigenvalue weighted by Gasteiger charge is 2.24. The monoisotopic (exact) mass is 286 g/mol. The van der Waals surface area contributed by atoms with Crippen molar-refractivity contribution >= 4 is 10.8 Å². The molecule has 0 aliphatic carbocycles. The van der Waals surface area contributed by atoms with E-state index in [-0.39, 0.29) is 11.1 Å². The fraction of sp³-hybridized carbons (Fsp3) is 0.125. The average molecular weight is 286 g/mol. The van der Waals surface area contributed by atoms with E-state index in [2.05, 4.69) is 9.97 Å². The van der Waals surface area contributed by atoms with Crippen molar-refractivity contribution in [2.75, 3.05) is 0 Å². The van der Waals surface area contributed by atoms with Gasteiger partial charge in [-0.25, -0.2) is 8.78 Å². The number of pyridine rings is 2. The first kappa shape index (κ1) is 13.4. The minimum Gasteiger partial charge on any atom is -0.328 e. The lowest BCUT2D eigenvalue weighted by Crippen LogP contribution is -2.08. The Morgan fingerprint density at radius 2 is 2.00 bits per heavy atom. The molecule has 0 saturated carbocycles. The van der Waals surface area contributed by atoms with Crippen molar-refractivity contribution in [2.24, 2.45) is 0 Å². The van der Waals surface area contributed by atoms with Gasteiger partial charge < -0.3 is 4.98 Å². The highest BCUT2D eigenvalue weighted by molar-refractivity contribution is 5.95. The number of H-pyrrole nitrogens is 1. The lowest BCUT2D eigenvalue weighted by atomic mass is 9.99. The molecule has 0 unspecified atom stereocenters. The van der Waals surface area contributed by atoms with Crippen LogP contribution in [0.2, 0.25) is 0 Å². The first-order valence-corrected chi connectivity index (χ1v) is 6.41. The smallest absolute Gasteiger partial charge is 0.270 e. The highest BCUT2D eigenvalue weighted by Crippen LogP contribution is 2.32. The SMILES string of the molecule is CC(F)(F)c1cccc(-c2c[nH]c(=O)c3ccncc23)c1. The second-order valence-corrected chi connectivity index (χ2v) is 4.92. The molecule has 1 N–H and O–H groups in total. The molecule has 3 rings (SSSR count). The van der Waals surface area contributed by atoms with Gasteiger partial charge in [0, 0.05) is 42.0 Å². The minimum atomic E-state index is -2.91. The summed E-state index contributed by atoms with van der Waals surface area (Å²) >= 11 is 0. The van der Waals surface area contributed by atoms with Crippen molar-refractivity contribution in [1.29, 1.82) is 0 Å². The molecule has 21 heavy (non-hydrogen) atoms. The van der Waals surface area contributed by atoms with E-state index >= 15 is 0 Å². The lowest BCUT2D eigenvalue weighted by Gasteiger charge is -2.13. The maximum Gasteiger partial charge on any atom is 0.270 e. The van der Waals surface area contributed by atoms with Crippen LogP contribution in [0.1, 0.15) is 12.5 Å². The van der Waals surface area contributed by atoms with Crippen LogP contribution in [0.15, 0.2) is 53.7 Å². The number of fused-ring (bicyclic) bond motifs is 1. The first-order chi connectivity index (χ1) is 9.97. The number of alkyl halides is 2. The molecule has 3 nitrogen and oxygen atoms in total. The number of hydrogen-bond acceptors (Lipinski definition) is 2. The van der Waals surface area contributed by atoms with Crippen molar-refractivity contribution in [3.05, 3.63) is 64.8 Å². The van der Waals surface area contributed by atoms with E-state index in [4.69, 9.17) is 0 Å². The zero-order valence-corrected chi connectivity index (χ0v) is 11.2. The number of nitrogens with zero attached hydrogens (tertiary/aromatic N) is 1. The molecule has 0 spiro atoms. The first-order valence-electron chi connectivity index (χ1n) is 6.41. The Morgan fingerprint density at radius 3 is 2.76 bits per heavy atom. The van der Waals surface area contributed by atoms with Gasteiger partial charge in [0.2, 0.25) is 0 Å². The van der Waals surface area contributed by atoms with Crippen LogP contribution in [-0.2, 0) is 5.92 Å². The molecule has 0 saturated heterocycles. The molecule has 1 aromatic carbocycles. The number of rotatable bonds is 2. The maximum atomic E-state index is 13.5. The number of halogens is 2. The summed E-state index contributed by atoms with van der Waals surface area (Å²) in [7, 11) is 0. The van der Waals surface area contributed by atoms with E-state index in [1.54, 1.807) is 24.4 Å². The van der Waals surface area contributed by atoms with Crippen LogP contribution < -0.4 is 5.56 Å². The second kappa shape index (κ2) is 4.77. The Kier molecular flexibility index (Phi) is 3.05. The summed E-state index contributed by atoms with van der Waals surface area (Å²) in [6.07, 6.45) is 4.62. The Morgan fingerprint density at radius 1 is 1.19 bits per heavy atom. The predicted molar refractivity (Wildman–Crippen MR) is 77.4 cm³/mol. The summed E-state index contributed by atoms with van der Waals surface area (Å²) in [5.41, 5.74) is 0.989. The molecule has 0 atom stereocenters. The van der Waals surface area contributed by atoms with Crippen molar-refractivity contribution in [2.45, 2.75) is 12.8 Å². The summed E-state index contributed by atoms with van der Waals surface area (Å²) in [6.45, 7) is 0.860. The van der Waals surface area contributed by atoms with Crippen molar-refractivity contribution in [3.8, 4) is 11.1 Å². The fourth-order valence-corrected chi connectivity index (χ4v) is 2.30. The Labute approximate surface area is 119 Å². The van der Waals surface area contributed by atoms with E-state index in [0.717, 1.165) is 6.92 Å².